The van der Waals surface area contributed by atoms with Crippen LogP contribution in [0.4, 0.5) is 0 Å². The van der Waals surface area contributed by atoms with Gasteiger partial charge in [-0.05, 0) is 28.5 Å². The van der Waals surface area contributed by atoms with Crippen LogP contribution in [0.25, 0.3) is 11.0 Å². The predicted octanol–water partition coefficient (Wildman–Crippen LogP) is -0.344. The Balaban J connectivity index is 0.955. The molecule has 0 unspecified atom stereocenters. The summed E-state index contributed by atoms with van der Waals surface area (Å²) in [5, 5.41) is 7.34. The molecular formula is C30H45N5O13. The SMILES string of the molecule is O=C(CCOCCOCCOCCOCCOCCOCCOCCOCCN1C(=O)CCC1=O)NNC(=O)c1ccc2nonc2c1. The van der Waals surface area contributed by atoms with E-state index in [0.29, 0.717) is 129 Å². The first-order chi connectivity index (χ1) is 23.5. The molecule has 2 heterocycles. The summed E-state index contributed by atoms with van der Waals surface area (Å²) in [6.07, 6.45) is 0.653. The number of likely N-dealkylation sites (tertiary alicyclic amines) is 1. The number of nitrogens with zero attached hydrogens (tertiary/aromatic N) is 3. The van der Waals surface area contributed by atoms with E-state index in [1.54, 1.807) is 12.1 Å². The van der Waals surface area contributed by atoms with Gasteiger partial charge in [-0.15, -0.1) is 0 Å². The van der Waals surface area contributed by atoms with E-state index < -0.39 is 11.8 Å². The Hall–Kier alpha value is -3.62. The highest BCUT2D eigenvalue weighted by molar-refractivity contribution is 6.02. The molecule has 0 bridgehead atoms. The number of fused-ring (bicyclic) bond motifs is 1. The quantitative estimate of drug-likeness (QED) is 0.0668. The van der Waals surface area contributed by atoms with Crippen molar-refractivity contribution in [3.05, 3.63) is 23.8 Å². The van der Waals surface area contributed by atoms with Gasteiger partial charge in [-0.25, -0.2) is 4.63 Å². The minimum atomic E-state index is -0.491. The highest BCUT2D eigenvalue weighted by atomic mass is 16.6. The zero-order valence-corrected chi connectivity index (χ0v) is 27.0. The van der Waals surface area contributed by atoms with E-state index in [9.17, 15) is 19.2 Å². The van der Waals surface area contributed by atoms with Crippen molar-refractivity contribution in [2.45, 2.75) is 19.3 Å². The summed E-state index contributed by atoms with van der Waals surface area (Å²) in [6.45, 7) is 6.60. The Morgan fingerprint density at radius 3 is 1.54 bits per heavy atom. The molecule has 2 N–H and O–H groups in total. The van der Waals surface area contributed by atoms with Crippen LogP contribution in [-0.4, -0.2) is 151 Å². The minimum Gasteiger partial charge on any atom is -0.379 e. The summed E-state index contributed by atoms with van der Waals surface area (Å²) in [6, 6.07) is 4.65. The fourth-order valence-electron chi connectivity index (χ4n) is 4.02. The standard InChI is InChI=1S/C30H45N5O13/c36-27(31-32-30(39)24-1-2-25-26(23-24)34-48-33-25)5-7-40-9-11-42-13-15-44-17-19-46-21-22-47-20-18-45-16-14-43-12-10-41-8-6-35-28(37)3-4-29(35)38/h1-2,23H,3-22H2,(H,31,36)(H,32,39). The average molecular weight is 684 g/mol. The fourth-order valence-corrected chi connectivity index (χ4v) is 4.02. The second kappa shape index (κ2) is 24.5. The number of carbonyl (C=O) groups excluding carboxylic acids is 4. The summed E-state index contributed by atoms with van der Waals surface area (Å²) < 4.78 is 47.9. The van der Waals surface area contributed by atoms with Gasteiger partial charge in [-0.2, -0.15) is 0 Å². The Morgan fingerprint density at radius 1 is 0.604 bits per heavy atom. The summed E-state index contributed by atoms with van der Waals surface area (Å²) in [7, 11) is 0. The number of carbonyl (C=O) groups is 4. The smallest absolute Gasteiger partial charge is 0.269 e. The summed E-state index contributed by atoms with van der Waals surface area (Å²) >= 11 is 0. The number of rotatable bonds is 28. The molecule has 1 aromatic heterocycles. The van der Waals surface area contributed by atoms with E-state index in [1.807, 2.05) is 0 Å². The first-order valence-electron chi connectivity index (χ1n) is 15.8. The monoisotopic (exact) mass is 683 g/mol. The predicted molar refractivity (Wildman–Crippen MR) is 165 cm³/mol. The Morgan fingerprint density at radius 2 is 1.04 bits per heavy atom. The van der Waals surface area contributed by atoms with E-state index in [-0.39, 0.29) is 31.4 Å². The highest BCUT2D eigenvalue weighted by Gasteiger charge is 2.28. The number of imide groups is 1. The third-order valence-electron chi connectivity index (χ3n) is 6.52. The van der Waals surface area contributed by atoms with E-state index in [0.717, 1.165) is 0 Å². The van der Waals surface area contributed by atoms with Crippen LogP contribution >= 0.6 is 0 Å². The molecule has 268 valence electrons. The molecular weight excluding hydrogens is 638 g/mol. The van der Waals surface area contributed by atoms with Gasteiger partial charge in [-0.3, -0.25) is 34.9 Å². The largest absolute Gasteiger partial charge is 0.379 e. The molecule has 1 aliphatic heterocycles. The van der Waals surface area contributed by atoms with Crippen molar-refractivity contribution in [3.8, 4) is 0 Å². The summed E-state index contributed by atoms with van der Waals surface area (Å²) in [5.74, 6) is -1.16. The molecule has 0 aliphatic carbocycles. The maximum absolute atomic E-state index is 12.1. The van der Waals surface area contributed by atoms with Gasteiger partial charge in [-0.1, -0.05) is 0 Å². The molecule has 1 aromatic carbocycles. The van der Waals surface area contributed by atoms with Crippen molar-refractivity contribution in [1.82, 2.24) is 26.1 Å². The van der Waals surface area contributed by atoms with Crippen LogP contribution in [0.1, 0.15) is 29.6 Å². The molecule has 0 saturated carbocycles. The first-order valence-corrected chi connectivity index (χ1v) is 15.8. The van der Waals surface area contributed by atoms with Crippen LogP contribution < -0.4 is 10.9 Å². The lowest BCUT2D eigenvalue weighted by Gasteiger charge is -2.13. The van der Waals surface area contributed by atoms with Crippen molar-refractivity contribution in [2.24, 2.45) is 0 Å². The average Bonchev–Trinajstić information content (AvgIpc) is 3.70. The Kier molecular flexibility index (Phi) is 19.8. The summed E-state index contributed by atoms with van der Waals surface area (Å²) in [4.78, 5) is 48.2. The van der Waals surface area contributed by atoms with Crippen molar-refractivity contribution in [2.75, 3.05) is 112 Å². The summed E-state index contributed by atoms with van der Waals surface area (Å²) in [5.41, 5.74) is 5.93. The molecule has 1 fully saturated rings. The third kappa shape index (κ3) is 16.5. The normalized spacial score (nSPS) is 13.1. The molecule has 4 amide bonds. The number of hydrogen-bond donors (Lipinski definition) is 2. The van der Waals surface area contributed by atoms with E-state index in [1.165, 1.54) is 11.0 Å². The van der Waals surface area contributed by atoms with E-state index in [4.69, 9.17) is 37.9 Å². The van der Waals surface area contributed by atoms with Gasteiger partial charge in [0.2, 0.25) is 17.7 Å². The zero-order valence-electron chi connectivity index (χ0n) is 27.0. The lowest BCUT2D eigenvalue weighted by atomic mass is 10.2. The second-order valence-electron chi connectivity index (χ2n) is 10.1. The third-order valence-corrected chi connectivity index (χ3v) is 6.52. The number of benzene rings is 1. The lowest BCUT2D eigenvalue weighted by molar-refractivity contribution is -0.139. The van der Waals surface area contributed by atoms with Crippen molar-refractivity contribution < 1.29 is 61.7 Å². The maximum Gasteiger partial charge on any atom is 0.269 e. The van der Waals surface area contributed by atoms with Crippen molar-refractivity contribution >= 4 is 34.7 Å². The van der Waals surface area contributed by atoms with Crippen LogP contribution in [0.2, 0.25) is 0 Å². The number of amides is 4. The van der Waals surface area contributed by atoms with Crippen molar-refractivity contribution in [3.63, 3.8) is 0 Å². The molecule has 3 rings (SSSR count). The fraction of sp³-hybridized carbons (Fsp3) is 0.667. The molecule has 0 spiro atoms. The van der Waals surface area contributed by atoms with Gasteiger partial charge in [0.1, 0.15) is 11.0 Å². The molecule has 18 nitrogen and oxygen atoms in total. The molecule has 0 radical (unpaired) electrons. The lowest BCUT2D eigenvalue weighted by Crippen LogP contribution is -2.42. The first kappa shape index (κ1) is 38.8. The molecule has 2 aromatic rings. The van der Waals surface area contributed by atoms with Gasteiger partial charge < -0.3 is 37.9 Å². The molecule has 18 heteroatoms. The molecule has 1 aliphatic rings. The molecule has 48 heavy (non-hydrogen) atoms. The topological polar surface area (TPSA) is 208 Å². The van der Waals surface area contributed by atoms with Crippen molar-refractivity contribution in [1.29, 1.82) is 0 Å². The molecule has 1 saturated heterocycles. The number of aromatic nitrogens is 2. The number of ether oxygens (including phenoxy) is 8. The van der Waals surface area contributed by atoms with Crippen LogP contribution in [0.15, 0.2) is 22.8 Å². The maximum atomic E-state index is 12.1. The van der Waals surface area contributed by atoms with Crippen LogP contribution in [-0.2, 0) is 52.3 Å². The van der Waals surface area contributed by atoms with Gasteiger partial charge >= 0.3 is 0 Å². The Labute approximate surface area is 277 Å². The van der Waals surface area contributed by atoms with Gasteiger partial charge in [0.25, 0.3) is 5.91 Å². The van der Waals surface area contributed by atoms with Crippen LogP contribution in [0.5, 0.6) is 0 Å². The number of nitrogens with one attached hydrogen (secondary N) is 2. The molecule has 0 atom stereocenters. The minimum absolute atomic E-state index is 0.0695. The van der Waals surface area contributed by atoms with E-state index in [2.05, 4.69) is 25.8 Å². The van der Waals surface area contributed by atoms with Gasteiger partial charge in [0.05, 0.1) is 119 Å². The number of hydrazine groups is 1. The van der Waals surface area contributed by atoms with Gasteiger partial charge in [0, 0.05) is 18.4 Å². The van der Waals surface area contributed by atoms with E-state index >= 15 is 0 Å². The highest BCUT2D eigenvalue weighted by Crippen LogP contribution is 2.11. The second-order valence-corrected chi connectivity index (χ2v) is 10.1. The zero-order chi connectivity index (χ0) is 34.1. The number of hydrogen-bond acceptors (Lipinski definition) is 15. The van der Waals surface area contributed by atoms with Crippen LogP contribution in [0, 0.1) is 0 Å². The Bertz CT molecular complexity index is 1210. The van der Waals surface area contributed by atoms with Gasteiger partial charge in [0.15, 0.2) is 0 Å². The van der Waals surface area contributed by atoms with Crippen LogP contribution in [0.3, 0.4) is 0 Å².